The van der Waals surface area contributed by atoms with Crippen molar-refractivity contribution in [1.82, 2.24) is 20.4 Å². The zero-order chi connectivity index (χ0) is 22.7. The fourth-order valence-corrected chi connectivity index (χ4v) is 4.38. The fourth-order valence-electron chi connectivity index (χ4n) is 3.64. The smallest absolute Gasteiger partial charge is 0.258 e. The molecule has 4 rings (SSSR count). The Balaban J connectivity index is 1.77. The van der Waals surface area contributed by atoms with Gasteiger partial charge in [0.25, 0.3) is 5.89 Å². The molecule has 1 unspecified atom stereocenters. The standard InChI is InChI=1S/C24H24N4O2S2/c1-5-14-28-15(2)20(21(25-24(28)31)16-6-10-18(29-3)11-7-16)23-26-22(27-30-23)17-8-12-19(32-4)13-9-17/h5-13,21H,1,14H2,2-4H3,(H,25,31). The third-order valence-corrected chi connectivity index (χ3v) is 6.44. The van der Waals surface area contributed by atoms with Crippen molar-refractivity contribution < 1.29 is 9.26 Å². The number of ether oxygens (including phenoxy) is 1. The van der Waals surface area contributed by atoms with E-state index < -0.39 is 0 Å². The number of rotatable bonds is 7. The van der Waals surface area contributed by atoms with Gasteiger partial charge in [0.1, 0.15) is 5.75 Å². The van der Waals surface area contributed by atoms with Crippen molar-refractivity contribution in [2.45, 2.75) is 17.9 Å². The van der Waals surface area contributed by atoms with Crippen LogP contribution in [0.5, 0.6) is 5.75 Å². The van der Waals surface area contributed by atoms with Gasteiger partial charge in [0, 0.05) is 22.7 Å². The molecule has 0 saturated carbocycles. The molecule has 8 heteroatoms. The summed E-state index contributed by atoms with van der Waals surface area (Å²) in [5.74, 6) is 1.79. The van der Waals surface area contributed by atoms with Gasteiger partial charge in [-0.2, -0.15) is 4.98 Å². The quantitative estimate of drug-likeness (QED) is 0.287. The predicted molar refractivity (Wildman–Crippen MR) is 132 cm³/mol. The number of thiocarbonyl (C=S) groups is 1. The van der Waals surface area contributed by atoms with Crippen LogP contribution in [0.3, 0.4) is 0 Å². The first-order valence-corrected chi connectivity index (χ1v) is 11.7. The van der Waals surface area contributed by atoms with Crippen LogP contribution in [0.4, 0.5) is 0 Å². The highest BCUT2D eigenvalue weighted by Gasteiger charge is 2.33. The van der Waals surface area contributed by atoms with E-state index in [1.165, 1.54) is 4.90 Å². The topological polar surface area (TPSA) is 63.4 Å². The molecule has 0 fully saturated rings. The highest BCUT2D eigenvalue weighted by Crippen LogP contribution is 2.37. The number of aromatic nitrogens is 2. The van der Waals surface area contributed by atoms with Crippen molar-refractivity contribution in [3.63, 3.8) is 0 Å². The SMILES string of the molecule is C=CCN1C(=S)NC(c2ccc(OC)cc2)C(c2nc(-c3ccc(SC)cc3)no2)=C1C. The van der Waals surface area contributed by atoms with Crippen molar-refractivity contribution in [2.75, 3.05) is 19.9 Å². The summed E-state index contributed by atoms with van der Waals surface area (Å²) in [6, 6.07) is 15.7. The number of methoxy groups -OCH3 is 1. The van der Waals surface area contributed by atoms with Crippen LogP contribution in [0.15, 0.2) is 76.3 Å². The van der Waals surface area contributed by atoms with Crippen molar-refractivity contribution in [1.29, 1.82) is 0 Å². The van der Waals surface area contributed by atoms with Crippen LogP contribution in [-0.4, -0.2) is 40.1 Å². The summed E-state index contributed by atoms with van der Waals surface area (Å²) < 4.78 is 11.1. The van der Waals surface area contributed by atoms with Crippen molar-refractivity contribution in [2.24, 2.45) is 0 Å². The molecule has 2 aromatic carbocycles. The molecule has 0 aliphatic carbocycles. The fraction of sp³-hybridized carbons (Fsp3) is 0.208. The maximum atomic E-state index is 5.76. The lowest BCUT2D eigenvalue weighted by atomic mass is 9.94. The van der Waals surface area contributed by atoms with E-state index in [0.717, 1.165) is 28.1 Å². The van der Waals surface area contributed by atoms with Gasteiger partial charge in [0.15, 0.2) is 5.11 Å². The van der Waals surface area contributed by atoms with Crippen LogP contribution in [0.1, 0.15) is 24.4 Å². The molecule has 1 aliphatic heterocycles. The van der Waals surface area contributed by atoms with Gasteiger partial charge < -0.3 is 19.5 Å². The Hall–Kier alpha value is -3.10. The maximum absolute atomic E-state index is 5.76. The Labute approximate surface area is 197 Å². The van der Waals surface area contributed by atoms with Crippen molar-refractivity contribution in [3.05, 3.63) is 78.3 Å². The van der Waals surface area contributed by atoms with Gasteiger partial charge in [-0.25, -0.2) is 0 Å². The molecule has 1 N–H and O–H groups in total. The van der Waals surface area contributed by atoms with Gasteiger partial charge in [-0.3, -0.25) is 0 Å². The Bertz CT molecular complexity index is 1150. The number of hydrogen-bond acceptors (Lipinski definition) is 6. The van der Waals surface area contributed by atoms with Gasteiger partial charge in [-0.1, -0.05) is 23.4 Å². The molecule has 3 aromatic rings. The lowest BCUT2D eigenvalue weighted by Crippen LogP contribution is -2.45. The summed E-state index contributed by atoms with van der Waals surface area (Å²) in [6.07, 6.45) is 3.86. The van der Waals surface area contributed by atoms with Crippen LogP contribution in [0.25, 0.3) is 17.0 Å². The molecular formula is C24H24N4O2S2. The van der Waals surface area contributed by atoms with Crippen LogP contribution in [0.2, 0.25) is 0 Å². The number of allylic oxidation sites excluding steroid dienone is 1. The zero-order valence-corrected chi connectivity index (χ0v) is 19.8. The lowest BCUT2D eigenvalue weighted by molar-refractivity contribution is 0.399. The van der Waals surface area contributed by atoms with Crippen molar-refractivity contribution in [3.8, 4) is 17.1 Å². The normalized spacial score (nSPS) is 16.2. The van der Waals surface area contributed by atoms with Crippen LogP contribution in [0, 0.1) is 0 Å². The maximum Gasteiger partial charge on any atom is 0.258 e. The minimum absolute atomic E-state index is 0.235. The zero-order valence-electron chi connectivity index (χ0n) is 18.2. The molecule has 0 saturated heterocycles. The Kier molecular flexibility index (Phi) is 6.62. The largest absolute Gasteiger partial charge is 0.497 e. The lowest BCUT2D eigenvalue weighted by Gasteiger charge is -2.36. The monoisotopic (exact) mass is 464 g/mol. The number of thioether (sulfide) groups is 1. The number of hydrogen-bond donors (Lipinski definition) is 1. The summed E-state index contributed by atoms with van der Waals surface area (Å²) in [5, 5.41) is 8.30. The van der Waals surface area contributed by atoms with E-state index in [0.29, 0.717) is 23.4 Å². The minimum atomic E-state index is -0.235. The van der Waals surface area contributed by atoms with Gasteiger partial charge in [0.2, 0.25) is 5.82 Å². The Morgan fingerprint density at radius 3 is 2.56 bits per heavy atom. The van der Waals surface area contributed by atoms with Crippen molar-refractivity contribution >= 4 is 34.7 Å². The summed E-state index contributed by atoms with van der Waals surface area (Å²) in [7, 11) is 1.65. The molecule has 32 heavy (non-hydrogen) atoms. The average molecular weight is 465 g/mol. The molecule has 0 spiro atoms. The third-order valence-electron chi connectivity index (χ3n) is 5.36. The molecule has 2 heterocycles. The van der Waals surface area contributed by atoms with Gasteiger partial charge in [-0.05, 0) is 67.4 Å². The van der Waals surface area contributed by atoms with Crippen LogP contribution >= 0.6 is 24.0 Å². The molecule has 1 aromatic heterocycles. The van der Waals surface area contributed by atoms with E-state index in [-0.39, 0.29) is 6.04 Å². The van der Waals surface area contributed by atoms with E-state index in [9.17, 15) is 0 Å². The third kappa shape index (κ3) is 4.28. The molecular weight excluding hydrogens is 440 g/mol. The van der Waals surface area contributed by atoms with E-state index in [4.69, 9.17) is 26.5 Å². The summed E-state index contributed by atoms with van der Waals surface area (Å²) in [4.78, 5) is 7.90. The number of nitrogens with zero attached hydrogens (tertiary/aromatic N) is 3. The average Bonchev–Trinajstić information content (AvgIpc) is 3.31. The molecule has 0 bridgehead atoms. The van der Waals surface area contributed by atoms with Gasteiger partial charge in [0.05, 0.1) is 18.7 Å². The van der Waals surface area contributed by atoms with E-state index in [1.807, 2.05) is 72.7 Å². The number of nitrogens with one attached hydrogen (secondary N) is 1. The van der Waals surface area contributed by atoms with Gasteiger partial charge in [-0.15, -0.1) is 18.3 Å². The van der Waals surface area contributed by atoms with E-state index in [1.54, 1.807) is 18.9 Å². The molecule has 164 valence electrons. The van der Waals surface area contributed by atoms with E-state index >= 15 is 0 Å². The van der Waals surface area contributed by atoms with Gasteiger partial charge >= 0.3 is 0 Å². The first-order valence-electron chi connectivity index (χ1n) is 10.1. The Morgan fingerprint density at radius 1 is 1.22 bits per heavy atom. The molecule has 0 amide bonds. The summed E-state index contributed by atoms with van der Waals surface area (Å²) in [6.45, 7) is 6.45. The molecule has 1 atom stereocenters. The number of benzene rings is 2. The summed E-state index contributed by atoms with van der Waals surface area (Å²) >= 11 is 7.33. The first kappa shape index (κ1) is 22.1. The predicted octanol–water partition coefficient (Wildman–Crippen LogP) is 5.32. The molecule has 0 radical (unpaired) electrons. The molecule has 1 aliphatic rings. The second kappa shape index (κ2) is 9.58. The molecule has 6 nitrogen and oxygen atoms in total. The van der Waals surface area contributed by atoms with E-state index in [2.05, 4.69) is 17.1 Å². The second-order valence-corrected chi connectivity index (χ2v) is 8.47. The first-order chi connectivity index (χ1) is 15.5. The summed E-state index contributed by atoms with van der Waals surface area (Å²) in [5.41, 5.74) is 3.75. The minimum Gasteiger partial charge on any atom is -0.497 e. The highest BCUT2D eigenvalue weighted by molar-refractivity contribution is 7.98. The Morgan fingerprint density at radius 2 is 1.94 bits per heavy atom. The van der Waals surface area contributed by atoms with Crippen LogP contribution in [-0.2, 0) is 0 Å². The van der Waals surface area contributed by atoms with Crippen LogP contribution < -0.4 is 10.1 Å². The second-order valence-electron chi connectivity index (χ2n) is 7.21. The highest BCUT2D eigenvalue weighted by atomic mass is 32.2.